The second kappa shape index (κ2) is 7.26. The predicted molar refractivity (Wildman–Crippen MR) is 89.8 cm³/mol. The van der Waals surface area contributed by atoms with Crippen molar-refractivity contribution in [2.75, 3.05) is 13.6 Å². The smallest absolute Gasteiger partial charge is 0.0138 e. The summed E-state index contributed by atoms with van der Waals surface area (Å²) < 4.78 is 0. The second-order valence-corrected chi connectivity index (χ2v) is 8.58. The van der Waals surface area contributed by atoms with E-state index in [-0.39, 0.29) is 0 Å². The first-order valence-electron chi connectivity index (χ1n) is 8.58. The summed E-state index contributed by atoms with van der Waals surface area (Å²) in [4.78, 5) is 2.63. The molecule has 0 radical (unpaired) electrons. The molecule has 1 aliphatic rings. The molecule has 2 N–H and O–H groups in total. The maximum Gasteiger partial charge on any atom is 0.0138 e. The lowest BCUT2D eigenvalue weighted by Gasteiger charge is -2.47. The topological polar surface area (TPSA) is 29.3 Å². The van der Waals surface area contributed by atoms with Crippen LogP contribution >= 0.6 is 0 Å². The van der Waals surface area contributed by atoms with E-state index in [9.17, 15) is 0 Å². The molecule has 1 rings (SSSR count). The van der Waals surface area contributed by atoms with Crippen LogP contribution in [0, 0.1) is 23.2 Å². The van der Waals surface area contributed by atoms with Crippen LogP contribution in [0.5, 0.6) is 0 Å². The van der Waals surface area contributed by atoms with Gasteiger partial charge in [-0.2, -0.15) is 0 Å². The molecule has 0 aromatic rings. The van der Waals surface area contributed by atoms with Gasteiger partial charge in [0.2, 0.25) is 0 Å². The Morgan fingerprint density at radius 1 is 1.15 bits per heavy atom. The molecule has 1 fully saturated rings. The Hall–Kier alpha value is -0.0800. The minimum absolute atomic E-state index is 0.431. The predicted octanol–water partition coefficient (Wildman–Crippen LogP) is 4.14. The van der Waals surface area contributed by atoms with E-state index in [0.717, 1.165) is 18.4 Å². The normalized spacial score (nSPS) is 30.0. The van der Waals surface area contributed by atoms with E-state index in [1.54, 1.807) is 0 Å². The lowest BCUT2D eigenvalue weighted by molar-refractivity contribution is 0.0360. The third kappa shape index (κ3) is 4.73. The molecule has 0 saturated heterocycles. The fourth-order valence-electron chi connectivity index (χ4n) is 3.95. The summed E-state index contributed by atoms with van der Waals surface area (Å²) in [5.74, 6) is 2.29. The van der Waals surface area contributed by atoms with Gasteiger partial charge in [-0.3, -0.25) is 0 Å². The molecule has 4 unspecified atom stereocenters. The Morgan fingerprint density at radius 3 is 2.20 bits per heavy atom. The lowest BCUT2D eigenvalue weighted by atomic mass is 9.67. The van der Waals surface area contributed by atoms with Crippen molar-refractivity contribution in [3.8, 4) is 0 Å². The fourth-order valence-corrected chi connectivity index (χ4v) is 3.95. The molecule has 0 amide bonds. The van der Waals surface area contributed by atoms with Crippen LogP contribution in [-0.2, 0) is 0 Å². The molecular weight excluding hydrogens is 244 g/mol. The van der Waals surface area contributed by atoms with E-state index in [2.05, 4.69) is 53.5 Å². The molecule has 0 heterocycles. The molecule has 2 nitrogen and oxygen atoms in total. The third-order valence-corrected chi connectivity index (χ3v) is 5.51. The van der Waals surface area contributed by atoms with Crippen LogP contribution in [0.3, 0.4) is 0 Å². The Morgan fingerprint density at radius 2 is 1.75 bits per heavy atom. The van der Waals surface area contributed by atoms with Crippen molar-refractivity contribution in [3.63, 3.8) is 0 Å². The van der Waals surface area contributed by atoms with Crippen LogP contribution in [0.15, 0.2) is 0 Å². The SMILES string of the molecule is CC(C)CC(C)N(C)C1CC(C(C)(C)C)CCC1CN. The first-order chi connectivity index (χ1) is 9.16. The molecule has 1 saturated carbocycles. The molecule has 0 aliphatic heterocycles. The minimum atomic E-state index is 0.431. The van der Waals surface area contributed by atoms with Gasteiger partial charge in [-0.15, -0.1) is 0 Å². The van der Waals surface area contributed by atoms with Crippen molar-refractivity contribution >= 4 is 0 Å². The van der Waals surface area contributed by atoms with Gasteiger partial charge in [0.25, 0.3) is 0 Å². The molecule has 120 valence electrons. The van der Waals surface area contributed by atoms with Gasteiger partial charge in [0, 0.05) is 12.1 Å². The zero-order valence-electron chi connectivity index (χ0n) is 14.9. The number of nitrogens with two attached hydrogens (primary N) is 1. The number of hydrogen-bond donors (Lipinski definition) is 1. The quantitative estimate of drug-likeness (QED) is 0.821. The van der Waals surface area contributed by atoms with Gasteiger partial charge in [0.05, 0.1) is 0 Å². The van der Waals surface area contributed by atoms with E-state index in [4.69, 9.17) is 5.73 Å². The monoisotopic (exact) mass is 282 g/mol. The molecule has 1 aliphatic carbocycles. The van der Waals surface area contributed by atoms with Gasteiger partial charge in [-0.1, -0.05) is 34.6 Å². The maximum absolute atomic E-state index is 6.06. The summed E-state index contributed by atoms with van der Waals surface area (Å²) in [7, 11) is 2.32. The van der Waals surface area contributed by atoms with E-state index in [1.165, 1.54) is 25.7 Å². The first kappa shape index (κ1) is 18.0. The highest BCUT2D eigenvalue weighted by molar-refractivity contribution is 4.91. The summed E-state index contributed by atoms with van der Waals surface area (Å²) in [6, 6.07) is 1.33. The van der Waals surface area contributed by atoms with Crippen LogP contribution in [-0.4, -0.2) is 30.6 Å². The third-order valence-electron chi connectivity index (χ3n) is 5.51. The van der Waals surface area contributed by atoms with Crippen molar-refractivity contribution in [3.05, 3.63) is 0 Å². The minimum Gasteiger partial charge on any atom is -0.330 e. The van der Waals surface area contributed by atoms with Crippen molar-refractivity contribution in [2.24, 2.45) is 28.9 Å². The highest BCUT2D eigenvalue weighted by Gasteiger charge is 2.38. The van der Waals surface area contributed by atoms with Crippen LogP contribution in [0.2, 0.25) is 0 Å². The Kier molecular flexibility index (Phi) is 6.53. The number of rotatable bonds is 5. The van der Waals surface area contributed by atoms with E-state index in [1.807, 2.05) is 0 Å². The molecule has 0 aromatic carbocycles. The molecular formula is C18H38N2. The van der Waals surface area contributed by atoms with Gasteiger partial charge in [0.15, 0.2) is 0 Å². The zero-order chi connectivity index (χ0) is 15.5. The second-order valence-electron chi connectivity index (χ2n) is 8.58. The standard InChI is InChI=1S/C18H38N2/c1-13(2)10-14(3)20(7)17-11-16(18(4,5)6)9-8-15(17)12-19/h13-17H,8-12,19H2,1-7H3. The van der Waals surface area contributed by atoms with E-state index >= 15 is 0 Å². The zero-order valence-corrected chi connectivity index (χ0v) is 14.9. The number of hydrogen-bond acceptors (Lipinski definition) is 2. The highest BCUT2D eigenvalue weighted by Crippen LogP contribution is 2.41. The maximum atomic E-state index is 6.06. The van der Waals surface area contributed by atoms with Crippen molar-refractivity contribution < 1.29 is 0 Å². The van der Waals surface area contributed by atoms with E-state index < -0.39 is 0 Å². The van der Waals surface area contributed by atoms with Crippen LogP contribution < -0.4 is 5.73 Å². The Labute approximate surface area is 127 Å². The average Bonchev–Trinajstić information content (AvgIpc) is 2.35. The molecule has 4 atom stereocenters. The lowest BCUT2D eigenvalue weighted by Crippen LogP contribution is -2.50. The molecule has 20 heavy (non-hydrogen) atoms. The largest absolute Gasteiger partial charge is 0.330 e. The summed E-state index contributed by atoms with van der Waals surface area (Å²) in [6.45, 7) is 15.1. The van der Waals surface area contributed by atoms with Crippen LogP contribution in [0.1, 0.15) is 67.2 Å². The van der Waals surface area contributed by atoms with E-state index in [0.29, 0.717) is 23.4 Å². The fraction of sp³-hybridized carbons (Fsp3) is 1.00. The molecule has 2 heteroatoms. The van der Waals surface area contributed by atoms with Gasteiger partial charge in [-0.25, -0.2) is 0 Å². The van der Waals surface area contributed by atoms with Crippen LogP contribution in [0.4, 0.5) is 0 Å². The highest BCUT2D eigenvalue weighted by atomic mass is 15.2. The average molecular weight is 283 g/mol. The van der Waals surface area contributed by atoms with Crippen molar-refractivity contribution in [2.45, 2.75) is 79.3 Å². The summed E-state index contributed by atoms with van der Waals surface area (Å²) in [5.41, 5.74) is 6.49. The molecule has 0 bridgehead atoms. The Balaban J connectivity index is 2.75. The van der Waals surface area contributed by atoms with Gasteiger partial charge >= 0.3 is 0 Å². The Bertz CT molecular complexity index is 280. The molecule has 0 spiro atoms. The van der Waals surface area contributed by atoms with Crippen molar-refractivity contribution in [1.29, 1.82) is 0 Å². The summed E-state index contributed by atoms with van der Waals surface area (Å²) >= 11 is 0. The van der Waals surface area contributed by atoms with Gasteiger partial charge in [-0.05, 0) is 69.4 Å². The van der Waals surface area contributed by atoms with Gasteiger partial charge < -0.3 is 10.6 Å². The number of nitrogens with zero attached hydrogens (tertiary/aromatic N) is 1. The molecule has 0 aromatic heterocycles. The van der Waals surface area contributed by atoms with Crippen molar-refractivity contribution in [1.82, 2.24) is 4.90 Å². The summed E-state index contributed by atoms with van der Waals surface area (Å²) in [6.07, 6.45) is 5.27. The first-order valence-corrected chi connectivity index (χ1v) is 8.58. The summed E-state index contributed by atoms with van der Waals surface area (Å²) in [5, 5.41) is 0. The van der Waals surface area contributed by atoms with Gasteiger partial charge in [0.1, 0.15) is 0 Å². The van der Waals surface area contributed by atoms with Crippen LogP contribution in [0.25, 0.3) is 0 Å².